The SMILES string of the molecule is CCCCC(CCC)NCc1ccc(C#N)cc1C. The van der Waals surface area contributed by atoms with Crippen LogP contribution in [0.25, 0.3) is 0 Å². The maximum atomic E-state index is 8.87. The highest BCUT2D eigenvalue weighted by molar-refractivity contribution is 5.37. The molecule has 1 atom stereocenters. The van der Waals surface area contributed by atoms with Gasteiger partial charge in [0.1, 0.15) is 0 Å². The van der Waals surface area contributed by atoms with Crippen LogP contribution in [0.2, 0.25) is 0 Å². The Balaban J connectivity index is 2.56. The molecule has 0 saturated heterocycles. The molecule has 0 bridgehead atoms. The average molecular weight is 258 g/mol. The monoisotopic (exact) mass is 258 g/mol. The van der Waals surface area contributed by atoms with Crippen molar-refractivity contribution in [1.29, 1.82) is 5.26 Å². The fourth-order valence-electron chi connectivity index (χ4n) is 2.37. The lowest BCUT2D eigenvalue weighted by Crippen LogP contribution is -2.28. The van der Waals surface area contributed by atoms with Crippen molar-refractivity contribution in [1.82, 2.24) is 5.32 Å². The van der Waals surface area contributed by atoms with Gasteiger partial charge in [-0.2, -0.15) is 5.26 Å². The maximum absolute atomic E-state index is 8.87. The molecule has 2 heteroatoms. The third-order valence-electron chi connectivity index (χ3n) is 3.60. The third-order valence-corrected chi connectivity index (χ3v) is 3.60. The third kappa shape index (κ3) is 5.44. The summed E-state index contributed by atoms with van der Waals surface area (Å²) in [4.78, 5) is 0. The molecular formula is C17H26N2. The molecule has 0 aliphatic heterocycles. The second-order valence-corrected chi connectivity index (χ2v) is 5.26. The molecule has 0 saturated carbocycles. The zero-order valence-electron chi connectivity index (χ0n) is 12.5. The van der Waals surface area contributed by atoms with E-state index in [1.807, 2.05) is 12.1 Å². The predicted octanol–water partition coefficient (Wildman–Crippen LogP) is 4.32. The molecule has 1 rings (SSSR count). The smallest absolute Gasteiger partial charge is 0.0991 e. The van der Waals surface area contributed by atoms with Gasteiger partial charge >= 0.3 is 0 Å². The molecule has 1 aromatic rings. The fraction of sp³-hybridized carbons (Fsp3) is 0.588. The van der Waals surface area contributed by atoms with Crippen LogP contribution >= 0.6 is 0 Å². The molecule has 2 nitrogen and oxygen atoms in total. The molecule has 104 valence electrons. The zero-order chi connectivity index (χ0) is 14.1. The van der Waals surface area contributed by atoms with Crippen molar-refractivity contribution in [2.75, 3.05) is 0 Å². The zero-order valence-corrected chi connectivity index (χ0v) is 12.5. The molecule has 0 amide bonds. The minimum absolute atomic E-state index is 0.625. The molecule has 0 aliphatic rings. The van der Waals surface area contributed by atoms with Crippen molar-refractivity contribution in [2.24, 2.45) is 0 Å². The highest BCUT2D eigenvalue weighted by Crippen LogP contribution is 2.12. The topological polar surface area (TPSA) is 35.8 Å². The highest BCUT2D eigenvalue weighted by atomic mass is 14.9. The van der Waals surface area contributed by atoms with Gasteiger partial charge in [-0.1, -0.05) is 39.2 Å². The maximum Gasteiger partial charge on any atom is 0.0991 e. The van der Waals surface area contributed by atoms with Gasteiger partial charge in [-0.25, -0.2) is 0 Å². The quantitative estimate of drug-likeness (QED) is 0.754. The van der Waals surface area contributed by atoms with E-state index >= 15 is 0 Å². The largest absolute Gasteiger partial charge is 0.310 e. The summed E-state index contributed by atoms with van der Waals surface area (Å²) >= 11 is 0. The Morgan fingerprint density at radius 2 is 2.00 bits per heavy atom. The van der Waals surface area contributed by atoms with E-state index in [2.05, 4.69) is 38.2 Å². The summed E-state index contributed by atoms with van der Waals surface area (Å²) in [6, 6.07) is 8.76. The van der Waals surface area contributed by atoms with Crippen LogP contribution in [0.4, 0.5) is 0 Å². The standard InChI is InChI=1S/C17H26N2/c1-4-6-8-17(7-5-2)19-13-16-10-9-15(12-18)11-14(16)3/h9-11,17,19H,4-8,13H2,1-3H3. The van der Waals surface area contributed by atoms with Crippen LogP contribution in [0.5, 0.6) is 0 Å². The lowest BCUT2D eigenvalue weighted by Gasteiger charge is -2.18. The van der Waals surface area contributed by atoms with Gasteiger partial charge in [-0.05, 0) is 43.0 Å². The summed E-state index contributed by atoms with van der Waals surface area (Å²) in [7, 11) is 0. The lowest BCUT2D eigenvalue weighted by atomic mass is 10.0. The first-order chi connectivity index (χ1) is 9.21. The summed E-state index contributed by atoms with van der Waals surface area (Å²) in [5.74, 6) is 0. The van der Waals surface area contributed by atoms with E-state index in [4.69, 9.17) is 5.26 Å². The van der Waals surface area contributed by atoms with E-state index in [1.165, 1.54) is 43.2 Å². The highest BCUT2D eigenvalue weighted by Gasteiger charge is 2.07. The molecule has 0 fully saturated rings. The van der Waals surface area contributed by atoms with Crippen LogP contribution in [0.3, 0.4) is 0 Å². The number of unbranched alkanes of at least 4 members (excludes halogenated alkanes) is 1. The number of nitriles is 1. The fourth-order valence-corrected chi connectivity index (χ4v) is 2.37. The summed E-state index contributed by atoms with van der Waals surface area (Å²) in [5, 5.41) is 12.5. The molecule has 19 heavy (non-hydrogen) atoms. The number of aryl methyl sites for hydroxylation is 1. The predicted molar refractivity (Wildman–Crippen MR) is 81.0 cm³/mol. The Morgan fingerprint density at radius 1 is 1.21 bits per heavy atom. The Bertz CT molecular complexity index is 418. The van der Waals surface area contributed by atoms with Crippen molar-refractivity contribution in [3.8, 4) is 6.07 Å². The van der Waals surface area contributed by atoms with Gasteiger partial charge in [0, 0.05) is 12.6 Å². The minimum atomic E-state index is 0.625. The van der Waals surface area contributed by atoms with Crippen LogP contribution < -0.4 is 5.32 Å². The van der Waals surface area contributed by atoms with Gasteiger partial charge < -0.3 is 5.32 Å². The lowest BCUT2D eigenvalue weighted by molar-refractivity contribution is 0.433. The second-order valence-electron chi connectivity index (χ2n) is 5.26. The van der Waals surface area contributed by atoms with Crippen molar-refractivity contribution < 1.29 is 0 Å². The molecule has 1 aromatic carbocycles. The van der Waals surface area contributed by atoms with Crippen molar-refractivity contribution >= 4 is 0 Å². The Kier molecular flexibility index (Phi) is 7.22. The molecule has 1 unspecified atom stereocenters. The summed E-state index contributed by atoms with van der Waals surface area (Å²) in [5.41, 5.74) is 3.26. The molecule has 0 aromatic heterocycles. The van der Waals surface area contributed by atoms with Crippen molar-refractivity contribution in [3.63, 3.8) is 0 Å². The molecule has 0 radical (unpaired) electrons. The Morgan fingerprint density at radius 3 is 2.58 bits per heavy atom. The first-order valence-corrected chi connectivity index (χ1v) is 7.44. The van der Waals surface area contributed by atoms with Crippen LogP contribution in [-0.4, -0.2) is 6.04 Å². The number of hydrogen-bond donors (Lipinski definition) is 1. The normalized spacial score (nSPS) is 12.1. The summed E-state index contributed by atoms with van der Waals surface area (Å²) in [6.07, 6.45) is 6.30. The summed E-state index contributed by atoms with van der Waals surface area (Å²) < 4.78 is 0. The number of nitrogens with one attached hydrogen (secondary N) is 1. The van der Waals surface area contributed by atoms with E-state index in [0.717, 1.165) is 12.1 Å². The number of rotatable bonds is 8. The number of benzene rings is 1. The van der Waals surface area contributed by atoms with Crippen LogP contribution in [0.15, 0.2) is 18.2 Å². The number of nitrogens with zero attached hydrogens (tertiary/aromatic N) is 1. The van der Waals surface area contributed by atoms with Crippen LogP contribution in [-0.2, 0) is 6.54 Å². The van der Waals surface area contributed by atoms with E-state index in [-0.39, 0.29) is 0 Å². The molecule has 0 spiro atoms. The summed E-state index contributed by atoms with van der Waals surface area (Å²) in [6.45, 7) is 7.48. The molecule has 0 aliphatic carbocycles. The Hall–Kier alpha value is -1.33. The van der Waals surface area contributed by atoms with Crippen molar-refractivity contribution in [2.45, 2.75) is 65.5 Å². The van der Waals surface area contributed by atoms with Crippen molar-refractivity contribution in [3.05, 3.63) is 34.9 Å². The minimum Gasteiger partial charge on any atom is -0.310 e. The molecule has 1 N–H and O–H groups in total. The van der Waals surface area contributed by atoms with E-state index in [0.29, 0.717) is 6.04 Å². The average Bonchev–Trinajstić information content (AvgIpc) is 2.42. The number of hydrogen-bond acceptors (Lipinski definition) is 2. The van der Waals surface area contributed by atoms with E-state index in [9.17, 15) is 0 Å². The van der Waals surface area contributed by atoms with Gasteiger partial charge in [0.15, 0.2) is 0 Å². The molecule has 0 heterocycles. The van der Waals surface area contributed by atoms with Gasteiger partial charge in [-0.15, -0.1) is 0 Å². The van der Waals surface area contributed by atoms with Gasteiger partial charge in [0.05, 0.1) is 11.6 Å². The molecular weight excluding hydrogens is 232 g/mol. The van der Waals surface area contributed by atoms with Crippen LogP contribution in [0, 0.1) is 18.3 Å². The Labute approximate surface area is 117 Å². The second kappa shape index (κ2) is 8.72. The van der Waals surface area contributed by atoms with Gasteiger partial charge in [-0.3, -0.25) is 0 Å². The van der Waals surface area contributed by atoms with Gasteiger partial charge in [0.25, 0.3) is 0 Å². The first-order valence-electron chi connectivity index (χ1n) is 7.44. The van der Waals surface area contributed by atoms with Gasteiger partial charge in [0.2, 0.25) is 0 Å². The van der Waals surface area contributed by atoms with E-state index < -0.39 is 0 Å². The van der Waals surface area contributed by atoms with Crippen LogP contribution in [0.1, 0.15) is 62.6 Å². The first kappa shape index (κ1) is 15.7. The van der Waals surface area contributed by atoms with E-state index in [1.54, 1.807) is 0 Å².